The van der Waals surface area contributed by atoms with Gasteiger partial charge in [-0.1, -0.05) is 24.3 Å². The third kappa shape index (κ3) is 3.87. The molecule has 0 saturated carbocycles. The minimum atomic E-state index is -0.493. The van der Waals surface area contributed by atoms with Gasteiger partial charge in [0.15, 0.2) is 0 Å². The Morgan fingerprint density at radius 1 is 1.14 bits per heavy atom. The average molecular weight is 389 g/mol. The molecule has 0 spiro atoms. The highest BCUT2D eigenvalue weighted by atomic mass is 19.1. The maximum Gasteiger partial charge on any atom is 0.260 e. The van der Waals surface area contributed by atoms with Crippen molar-refractivity contribution in [2.45, 2.75) is 25.9 Å². The van der Waals surface area contributed by atoms with Crippen LogP contribution in [-0.4, -0.2) is 16.8 Å². The summed E-state index contributed by atoms with van der Waals surface area (Å²) in [4.78, 5) is 31.7. The summed E-state index contributed by atoms with van der Waals surface area (Å²) in [6.45, 7) is 2.17. The third-order valence-electron chi connectivity index (χ3n) is 4.95. The summed E-state index contributed by atoms with van der Waals surface area (Å²) in [7, 11) is 0. The molecule has 1 atom stereocenters. The number of benzene rings is 2. The van der Waals surface area contributed by atoms with Crippen LogP contribution in [0.4, 0.5) is 10.1 Å². The highest BCUT2D eigenvalue weighted by molar-refractivity contribution is 6.11. The molecule has 0 aliphatic carbocycles. The zero-order chi connectivity index (χ0) is 20.4. The van der Waals surface area contributed by atoms with Gasteiger partial charge in [-0.05, 0) is 54.4 Å². The number of nitrogens with one attached hydrogen (secondary N) is 1. The van der Waals surface area contributed by atoms with Gasteiger partial charge in [0.05, 0.1) is 23.7 Å². The average Bonchev–Trinajstić information content (AvgIpc) is 2.98. The number of aromatic nitrogens is 1. The van der Waals surface area contributed by atoms with Crippen LogP contribution in [0.5, 0.6) is 0 Å². The van der Waals surface area contributed by atoms with Gasteiger partial charge >= 0.3 is 0 Å². The second kappa shape index (κ2) is 7.83. The van der Waals surface area contributed by atoms with Crippen molar-refractivity contribution in [3.05, 3.63) is 95.1 Å². The normalized spacial score (nSPS) is 15.3. The molecule has 1 N–H and O–H groups in total. The maximum absolute atomic E-state index is 13.3. The molecule has 5 nitrogen and oxygen atoms in total. The lowest BCUT2D eigenvalue weighted by atomic mass is 10.1. The van der Waals surface area contributed by atoms with Gasteiger partial charge in [-0.3, -0.25) is 19.5 Å². The number of carbonyl (C=O) groups excluding carboxylic acids is 2. The van der Waals surface area contributed by atoms with E-state index in [9.17, 15) is 14.0 Å². The van der Waals surface area contributed by atoms with Crippen LogP contribution in [0.2, 0.25) is 0 Å². The zero-order valence-corrected chi connectivity index (χ0v) is 15.9. The smallest absolute Gasteiger partial charge is 0.260 e. The Labute approximate surface area is 168 Å². The number of pyridine rings is 1. The molecule has 2 amide bonds. The van der Waals surface area contributed by atoms with Crippen LogP contribution in [0.3, 0.4) is 0 Å². The van der Waals surface area contributed by atoms with Crippen molar-refractivity contribution >= 4 is 17.5 Å². The third-order valence-corrected chi connectivity index (χ3v) is 4.95. The molecule has 1 aliphatic rings. The Balaban J connectivity index is 1.57. The van der Waals surface area contributed by atoms with Crippen molar-refractivity contribution < 1.29 is 14.0 Å². The van der Waals surface area contributed by atoms with Crippen LogP contribution in [-0.2, 0) is 11.3 Å². The van der Waals surface area contributed by atoms with Gasteiger partial charge in [-0.15, -0.1) is 0 Å². The molecule has 4 rings (SSSR count). The molecule has 1 aliphatic heterocycles. The number of hydrogen-bond donors (Lipinski definition) is 1. The quantitative estimate of drug-likeness (QED) is 0.719. The summed E-state index contributed by atoms with van der Waals surface area (Å²) in [5.41, 5.74) is 3.54. The van der Waals surface area contributed by atoms with E-state index in [1.165, 1.54) is 12.1 Å². The Morgan fingerprint density at radius 3 is 2.76 bits per heavy atom. The molecule has 1 aromatic heterocycles. The largest absolute Gasteiger partial charge is 0.352 e. The molecular weight excluding hydrogens is 369 g/mol. The van der Waals surface area contributed by atoms with Crippen molar-refractivity contribution in [3.8, 4) is 0 Å². The maximum atomic E-state index is 13.3. The van der Waals surface area contributed by atoms with Crippen LogP contribution >= 0.6 is 0 Å². The number of aryl methyl sites for hydroxylation is 1. The van der Waals surface area contributed by atoms with Crippen LogP contribution < -0.4 is 10.2 Å². The van der Waals surface area contributed by atoms with E-state index in [1.54, 1.807) is 35.4 Å². The van der Waals surface area contributed by atoms with Crippen molar-refractivity contribution in [2.75, 3.05) is 4.90 Å². The topological polar surface area (TPSA) is 62.3 Å². The highest BCUT2D eigenvalue weighted by Crippen LogP contribution is 2.38. The predicted molar refractivity (Wildman–Crippen MR) is 108 cm³/mol. The number of amides is 2. The summed E-state index contributed by atoms with van der Waals surface area (Å²) in [6, 6.07) is 16.7. The van der Waals surface area contributed by atoms with Gasteiger partial charge in [0.2, 0.25) is 5.91 Å². The van der Waals surface area contributed by atoms with E-state index in [1.807, 2.05) is 31.2 Å². The first-order chi connectivity index (χ1) is 14.0. The number of fused-ring (bicyclic) bond motifs is 1. The van der Waals surface area contributed by atoms with Crippen molar-refractivity contribution in [3.63, 3.8) is 0 Å². The molecule has 0 fully saturated rings. The first-order valence-corrected chi connectivity index (χ1v) is 9.39. The van der Waals surface area contributed by atoms with Gasteiger partial charge in [0.1, 0.15) is 5.82 Å². The Bertz CT molecular complexity index is 1080. The Kier molecular flexibility index (Phi) is 5.08. The molecule has 6 heteroatoms. The monoisotopic (exact) mass is 389 g/mol. The predicted octanol–water partition coefficient (Wildman–Crippen LogP) is 3.94. The van der Waals surface area contributed by atoms with E-state index in [2.05, 4.69) is 10.3 Å². The molecule has 2 aromatic carbocycles. The van der Waals surface area contributed by atoms with E-state index < -0.39 is 6.04 Å². The minimum absolute atomic E-state index is 0.0685. The van der Waals surface area contributed by atoms with Crippen LogP contribution in [0.15, 0.2) is 66.9 Å². The first kappa shape index (κ1) is 18.8. The van der Waals surface area contributed by atoms with E-state index in [0.29, 0.717) is 16.8 Å². The van der Waals surface area contributed by atoms with Gasteiger partial charge in [0.25, 0.3) is 5.91 Å². The van der Waals surface area contributed by atoms with Crippen molar-refractivity contribution in [1.82, 2.24) is 10.3 Å². The number of anilines is 1. The second-order valence-electron chi connectivity index (χ2n) is 7.08. The minimum Gasteiger partial charge on any atom is -0.352 e. The molecule has 0 unspecified atom stereocenters. The number of nitrogens with zero attached hydrogens (tertiary/aromatic N) is 2. The molecular formula is C23H20FN3O2. The summed E-state index contributed by atoms with van der Waals surface area (Å²) >= 11 is 0. The lowest BCUT2D eigenvalue weighted by molar-refractivity contribution is -0.121. The molecule has 146 valence electrons. The number of rotatable bonds is 5. The van der Waals surface area contributed by atoms with Crippen LogP contribution in [0, 0.1) is 12.7 Å². The number of hydrogen-bond acceptors (Lipinski definition) is 3. The van der Waals surface area contributed by atoms with Gasteiger partial charge in [-0.25, -0.2) is 4.39 Å². The number of carbonyl (C=O) groups is 2. The van der Waals surface area contributed by atoms with Gasteiger partial charge in [-0.2, -0.15) is 0 Å². The molecule has 29 heavy (non-hydrogen) atoms. The van der Waals surface area contributed by atoms with Gasteiger partial charge < -0.3 is 5.32 Å². The lowest BCUT2D eigenvalue weighted by Gasteiger charge is -2.25. The lowest BCUT2D eigenvalue weighted by Crippen LogP contribution is -2.33. The standard InChI is InChI=1S/C23H20FN3O2/c1-15-5-2-8-18(11-15)27-20(22-19(23(27)29)9-4-10-25-22)13-21(28)26-14-16-6-3-7-17(24)12-16/h2-12,20H,13-14H2,1H3,(H,26,28)/t20-/m1/s1. The summed E-state index contributed by atoms with van der Waals surface area (Å²) < 4.78 is 13.3. The van der Waals surface area contributed by atoms with Crippen LogP contribution in [0.25, 0.3) is 0 Å². The summed E-state index contributed by atoms with van der Waals surface area (Å²) in [6.07, 6.45) is 1.70. The fraction of sp³-hybridized carbons (Fsp3) is 0.174. The van der Waals surface area contributed by atoms with Crippen LogP contribution in [0.1, 0.15) is 39.6 Å². The highest BCUT2D eigenvalue weighted by Gasteiger charge is 2.39. The fourth-order valence-corrected chi connectivity index (χ4v) is 3.62. The van der Waals surface area contributed by atoms with Crippen molar-refractivity contribution in [1.29, 1.82) is 0 Å². The first-order valence-electron chi connectivity index (χ1n) is 9.39. The van der Waals surface area contributed by atoms with Crippen molar-refractivity contribution in [2.24, 2.45) is 0 Å². The van der Waals surface area contributed by atoms with Gasteiger partial charge in [0, 0.05) is 18.4 Å². The van der Waals surface area contributed by atoms with E-state index in [-0.39, 0.29) is 30.6 Å². The number of halogens is 1. The second-order valence-corrected chi connectivity index (χ2v) is 7.08. The van der Waals surface area contributed by atoms with E-state index in [0.717, 1.165) is 11.3 Å². The molecule has 0 saturated heterocycles. The Morgan fingerprint density at radius 2 is 1.97 bits per heavy atom. The SMILES string of the molecule is Cc1cccc(N2C(=O)c3cccnc3[C@H]2CC(=O)NCc2cccc(F)c2)c1. The summed E-state index contributed by atoms with van der Waals surface area (Å²) in [5, 5.41) is 2.81. The molecule has 2 heterocycles. The summed E-state index contributed by atoms with van der Waals surface area (Å²) in [5.74, 6) is -0.744. The van der Waals surface area contributed by atoms with E-state index in [4.69, 9.17) is 0 Å². The van der Waals surface area contributed by atoms with E-state index >= 15 is 0 Å². The molecule has 0 bridgehead atoms. The molecule has 0 radical (unpaired) electrons. The molecule has 3 aromatic rings. The fourth-order valence-electron chi connectivity index (χ4n) is 3.62. The zero-order valence-electron chi connectivity index (χ0n) is 15.9. The Hall–Kier alpha value is -3.54.